The maximum Gasteiger partial charge on any atom is 0.188 e. The van der Waals surface area contributed by atoms with Crippen molar-refractivity contribution in [2.75, 3.05) is 17.6 Å². The second kappa shape index (κ2) is 6.78. The molecule has 0 aliphatic carbocycles. The Morgan fingerprint density at radius 3 is 2.58 bits per heavy atom. The minimum absolute atomic E-state index is 0.746. The van der Waals surface area contributed by atoms with Gasteiger partial charge in [0.2, 0.25) is 0 Å². The van der Waals surface area contributed by atoms with Crippen LogP contribution in [0.4, 0.5) is 5.69 Å². The largest absolute Gasteiger partial charge is 0.384 e. The molecule has 0 fully saturated rings. The Kier molecular flexibility index (Phi) is 5.05. The van der Waals surface area contributed by atoms with Crippen LogP contribution in [-0.4, -0.2) is 22.3 Å². The smallest absolute Gasteiger partial charge is 0.188 e. The molecule has 2 aromatic rings. The van der Waals surface area contributed by atoms with Crippen LogP contribution in [0.2, 0.25) is 5.02 Å². The molecule has 2 rings (SSSR count). The first-order valence-corrected chi connectivity index (χ1v) is 7.44. The SMILES string of the molecule is Cc1cc(C)nc(SCCNc2cccc(Cl)c2)n1. The molecule has 0 amide bonds. The second-order valence-electron chi connectivity index (χ2n) is 4.22. The first kappa shape index (κ1) is 14.2. The van der Waals surface area contributed by atoms with E-state index in [1.54, 1.807) is 11.8 Å². The number of aromatic nitrogens is 2. The molecule has 0 aliphatic heterocycles. The monoisotopic (exact) mass is 293 g/mol. The van der Waals surface area contributed by atoms with Crippen LogP contribution < -0.4 is 5.32 Å². The van der Waals surface area contributed by atoms with Gasteiger partial charge in [0, 0.05) is 34.4 Å². The van der Waals surface area contributed by atoms with Crippen LogP contribution in [0.25, 0.3) is 0 Å². The van der Waals surface area contributed by atoms with Crippen molar-refractivity contribution >= 4 is 29.1 Å². The van der Waals surface area contributed by atoms with E-state index in [1.165, 1.54) is 0 Å². The maximum absolute atomic E-state index is 5.92. The summed E-state index contributed by atoms with van der Waals surface area (Å²) in [4.78, 5) is 8.79. The molecule has 0 radical (unpaired) electrons. The summed E-state index contributed by atoms with van der Waals surface area (Å²) in [7, 11) is 0. The van der Waals surface area contributed by atoms with Crippen LogP contribution in [0, 0.1) is 13.8 Å². The normalized spacial score (nSPS) is 10.5. The molecule has 1 aromatic carbocycles. The number of aryl methyl sites for hydroxylation is 2. The number of nitrogens with one attached hydrogen (secondary N) is 1. The van der Waals surface area contributed by atoms with Gasteiger partial charge in [0.15, 0.2) is 5.16 Å². The Labute approximate surface area is 122 Å². The standard InChI is InChI=1S/C14H16ClN3S/c1-10-8-11(2)18-14(17-10)19-7-6-16-13-5-3-4-12(15)9-13/h3-5,8-9,16H,6-7H2,1-2H3. The third kappa shape index (κ3) is 4.73. The van der Waals surface area contributed by atoms with Crippen LogP contribution in [-0.2, 0) is 0 Å². The number of thioether (sulfide) groups is 1. The summed E-state index contributed by atoms with van der Waals surface area (Å²) in [5.41, 5.74) is 3.06. The zero-order chi connectivity index (χ0) is 13.7. The lowest BCUT2D eigenvalue weighted by Gasteiger charge is -2.06. The van der Waals surface area contributed by atoms with E-state index in [1.807, 2.05) is 44.2 Å². The predicted octanol–water partition coefficient (Wildman–Crippen LogP) is 3.95. The fourth-order valence-corrected chi connectivity index (χ4v) is 2.69. The molecule has 0 saturated heterocycles. The molecular weight excluding hydrogens is 278 g/mol. The minimum atomic E-state index is 0.746. The Morgan fingerprint density at radius 2 is 1.89 bits per heavy atom. The highest BCUT2D eigenvalue weighted by Gasteiger charge is 2.00. The summed E-state index contributed by atoms with van der Waals surface area (Å²) in [5, 5.41) is 4.91. The number of anilines is 1. The van der Waals surface area contributed by atoms with Crippen molar-refractivity contribution in [2.24, 2.45) is 0 Å². The summed E-state index contributed by atoms with van der Waals surface area (Å²) < 4.78 is 0. The molecule has 1 heterocycles. The average molecular weight is 294 g/mol. The third-order valence-corrected chi connectivity index (χ3v) is 3.53. The lowest BCUT2D eigenvalue weighted by Crippen LogP contribution is -2.04. The minimum Gasteiger partial charge on any atom is -0.384 e. The maximum atomic E-state index is 5.92. The molecule has 0 aliphatic rings. The summed E-state index contributed by atoms with van der Waals surface area (Å²) in [6, 6.07) is 9.70. The van der Waals surface area contributed by atoms with E-state index in [2.05, 4.69) is 15.3 Å². The van der Waals surface area contributed by atoms with E-state index in [4.69, 9.17) is 11.6 Å². The molecule has 1 aromatic heterocycles. The van der Waals surface area contributed by atoms with E-state index in [-0.39, 0.29) is 0 Å². The number of benzene rings is 1. The van der Waals surface area contributed by atoms with Gasteiger partial charge in [-0.05, 0) is 38.1 Å². The zero-order valence-electron chi connectivity index (χ0n) is 11.0. The molecule has 0 bridgehead atoms. The molecule has 100 valence electrons. The average Bonchev–Trinajstić information content (AvgIpc) is 2.34. The molecule has 19 heavy (non-hydrogen) atoms. The summed E-state index contributed by atoms with van der Waals surface area (Å²) in [6.07, 6.45) is 0. The summed E-state index contributed by atoms with van der Waals surface area (Å²) >= 11 is 7.58. The first-order valence-electron chi connectivity index (χ1n) is 6.08. The second-order valence-corrected chi connectivity index (χ2v) is 5.72. The van der Waals surface area contributed by atoms with E-state index in [0.29, 0.717) is 0 Å². The molecule has 1 N–H and O–H groups in total. The van der Waals surface area contributed by atoms with Gasteiger partial charge in [-0.25, -0.2) is 9.97 Å². The molecule has 0 atom stereocenters. The van der Waals surface area contributed by atoms with Crippen molar-refractivity contribution in [3.8, 4) is 0 Å². The van der Waals surface area contributed by atoms with Gasteiger partial charge in [-0.15, -0.1) is 0 Å². The fourth-order valence-electron chi connectivity index (χ4n) is 1.69. The number of nitrogens with zero attached hydrogens (tertiary/aromatic N) is 2. The molecule has 3 nitrogen and oxygen atoms in total. The topological polar surface area (TPSA) is 37.8 Å². The highest BCUT2D eigenvalue weighted by atomic mass is 35.5. The number of halogens is 1. The lowest BCUT2D eigenvalue weighted by molar-refractivity contribution is 0.902. The van der Waals surface area contributed by atoms with Gasteiger partial charge in [0.05, 0.1) is 0 Å². The van der Waals surface area contributed by atoms with Gasteiger partial charge < -0.3 is 5.32 Å². The molecular formula is C14H16ClN3S. The quantitative estimate of drug-likeness (QED) is 0.514. The Balaban J connectivity index is 1.80. The summed E-state index contributed by atoms with van der Waals surface area (Å²) in [5.74, 6) is 0.912. The number of hydrogen-bond acceptors (Lipinski definition) is 4. The third-order valence-electron chi connectivity index (χ3n) is 2.45. The van der Waals surface area contributed by atoms with Gasteiger partial charge in [-0.1, -0.05) is 29.4 Å². The summed E-state index contributed by atoms with van der Waals surface area (Å²) in [6.45, 7) is 4.83. The van der Waals surface area contributed by atoms with Crippen LogP contribution in [0.3, 0.4) is 0 Å². The van der Waals surface area contributed by atoms with Crippen molar-refractivity contribution in [2.45, 2.75) is 19.0 Å². The molecule has 0 unspecified atom stereocenters. The van der Waals surface area contributed by atoms with Crippen molar-refractivity contribution < 1.29 is 0 Å². The van der Waals surface area contributed by atoms with Crippen LogP contribution in [0.15, 0.2) is 35.5 Å². The van der Waals surface area contributed by atoms with Gasteiger partial charge in [0.25, 0.3) is 0 Å². The first-order chi connectivity index (χ1) is 9.13. The molecule has 0 saturated carbocycles. The van der Waals surface area contributed by atoms with E-state index < -0.39 is 0 Å². The van der Waals surface area contributed by atoms with Crippen LogP contribution in [0.1, 0.15) is 11.4 Å². The Morgan fingerprint density at radius 1 is 1.16 bits per heavy atom. The highest BCUT2D eigenvalue weighted by Crippen LogP contribution is 2.16. The van der Waals surface area contributed by atoms with Gasteiger partial charge in [-0.2, -0.15) is 0 Å². The van der Waals surface area contributed by atoms with E-state index >= 15 is 0 Å². The van der Waals surface area contributed by atoms with Crippen LogP contribution in [0.5, 0.6) is 0 Å². The zero-order valence-corrected chi connectivity index (χ0v) is 12.6. The van der Waals surface area contributed by atoms with Gasteiger partial charge >= 0.3 is 0 Å². The fraction of sp³-hybridized carbons (Fsp3) is 0.286. The molecule has 5 heteroatoms. The van der Waals surface area contributed by atoms with Gasteiger partial charge in [0.1, 0.15) is 0 Å². The Bertz CT molecular complexity index is 540. The van der Waals surface area contributed by atoms with Crippen molar-refractivity contribution in [1.29, 1.82) is 0 Å². The van der Waals surface area contributed by atoms with Crippen molar-refractivity contribution in [3.05, 3.63) is 46.7 Å². The predicted molar refractivity (Wildman–Crippen MR) is 82.2 cm³/mol. The van der Waals surface area contributed by atoms with Crippen LogP contribution >= 0.6 is 23.4 Å². The number of hydrogen-bond donors (Lipinski definition) is 1. The van der Waals surface area contributed by atoms with E-state index in [9.17, 15) is 0 Å². The van der Waals surface area contributed by atoms with Crippen molar-refractivity contribution in [1.82, 2.24) is 9.97 Å². The van der Waals surface area contributed by atoms with Gasteiger partial charge in [-0.3, -0.25) is 0 Å². The lowest BCUT2D eigenvalue weighted by atomic mass is 10.3. The van der Waals surface area contributed by atoms with E-state index in [0.717, 1.165) is 39.6 Å². The molecule has 0 spiro atoms. The highest BCUT2D eigenvalue weighted by molar-refractivity contribution is 7.99. The Hall–Kier alpha value is -1.26. The number of rotatable bonds is 5. The van der Waals surface area contributed by atoms with Crippen molar-refractivity contribution in [3.63, 3.8) is 0 Å².